The van der Waals surface area contributed by atoms with Crippen molar-refractivity contribution in [3.05, 3.63) is 0 Å². The average Bonchev–Trinajstić information content (AvgIpc) is 2.72. The Bertz CT molecular complexity index is 251. The highest BCUT2D eigenvalue weighted by Gasteiger charge is 2.19. The van der Waals surface area contributed by atoms with Crippen LogP contribution in [0.3, 0.4) is 0 Å². The molecule has 0 aliphatic carbocycles. The quantitative estimate of drug-likeness (QED) is 0.625. The molecule has 6 heteroatoms. The largest absolute Gasteiger partial charge is 0.378 e. The second kappa shape index (κ2) is 4.65. The molecule has 78 valence electrons. The predicted octanol–water partition coefficient (Wildman–Crippen LogP) is 0.131. The lowest BCUT2D eigenvalue weighted by atomic mass is 10.4. The number of nitrogens with one attached hydrogen (secondary N) is 1. The van der Waals surface area contributed by atoms with E-state index < -0.39 is 0 Å². The molecule has 0 aromatic rings. The Kier molecular flexibility index (Phi) is 3.26. The summed E-state index contributed by atoms with van der Waals surface area (Å²) in [6.45, 7) is 3.41. The molecule has 0 aromatic heterocycles. The van der Waals surface area contributed by atoms with Crippen molar-refractivity contribution < 1.29 is 9.53 Å². The Labute approximate surface area is 86.9 Å². The zero-order valence-corrected chi connectivity index (χ0v) is 8.68. The van der Waals surface area contributed by atoms with Crippen molar-refractivity contribution in [3.63, 3.8) is 0 Å². The highest BCUT2D eigenvalue weighted by atomic mass is 32.2. The lowest BCUT2D eigenvalue weighted by Crippen LogP contribution is -2.47. The SMILES string of the molecule is O=C(NC1=NCCS1)N1CCOCC1. The first-order chi connectivity index (χ1) is 6.86. The monoisotopic (exact) mass is 215 g/mol. The Morgan fingerprint density at radius 2 is 2.29 bits per heavy atom. The van der Waals surface area contributed by atoms with Gasteiger partial charge in [0.15, 0.2) is 5.17 Å². The second-order valence-corrected chi connectivity index (χ2v) is 4.15. The second-order valence-electron chi connectivity index (χ2n) is 3.06. The fourth-order valence-corrected chi connectivity index (χ4v) is 2.07. The van der Waals surface area contributed by atoms with Gasteiger partial charge < -0.3 is 9.64 Å². The minimum absolute atomic E-state index is 0.0542. The van der Waals surface area contributed by atoms with Gasteiger partial charge in [-0.05, 0) is 0 Å². The van der Waals surface area contributed by atoms with Gasteiger partial charge in [-0.15, -0.1) is 0 Å². The van der Waals surface area contributed by atoms with Crippen molar-refractivity contribution in [2.45, 2.75) is 0 Å². The van der Waals surface area contributed by atoms with Crippen molar-refractivity contribution in [3.8, 4) is 0 Å². The molecule has 5 nitrogen and oxygen atoms in total. The normalized spacial score (nSPS) is 22.0. The van der Waals surface area contributed by atoms with Gasteiger partial charge in [-0.1, -0.05) is 11.8 Å². The van der Waals surface area contributed by atoms with Gasteiger partial charge >= 0.3 is 6.03 Å². The summed E-state index contributed by atoms with van der Waals surface area (Å²) < 4.78 is 5.16. The number of urea groups is 1. The van der Waals surface area contributed by atoms with Crippen molar-refractivity contribution in [2.24, 2.45) is 4.99 Å². The van der Waals surface area contributed by atoms with E-state index in [0.717, 1.165) is 17.5 Å². The van der Waals surface area contributed by atoms with Crippen LogP contribution >= 0.6 is 11.8 Å². The number of carbonyl (C=O) groups is 1. The molecule has 2 rings (SSSR count). The van der Waals surface area contributed by atoms with Crippen molar-refractivity contribution in [1.82, 2.24) is 10.2 Å². The molecular weight excluding hydrogens is 202 g/mol. The van der Waals surface area contributed by atoms with Crippen molar-refractivity contribution >= 4 is 23.0 Å². The van der Waals surface area contributed by atoms with Crippen LogP contribution in [0.1, 0.15) is 0 Å². The van der Waals surface area contributed by atoms with Crippen LogP contribution in [-0.4, -0.2) is 54.7 Å². The third-order valence-corrected chi connectivity index (χ3v) is 2.99. The number of nitrogens with zero attached hydrogens (tertiary/aromatic N) is 2. The lowest BCUT2D eigenvalue weighted by Gasteiger charge is -2.26. The molecule has 0 atom stereocenters. The molecular formula is C8H13N3O2S. The van der Waals surface area contributed by atoms with Crippen LogP contribution in [0.2, 0.25) is 0 Å². The molecule has 0 saturated carbocycles. The summed E-state index contributed by atoms with van der Waals surface area (Å²) in [5, 5.41) is 3.54. The van der Waals surface area contributed by atoms with Crippen LogP contribution in [0.25, 0.3) is 0 Å². The number of amidine groups is 1. The van der Waals surface area contributed by atoms with Gasteiger partial charge in [0.25, 0.3) is 0 Å². The Morgan fingerprint density at radius 3 is 2.93 bits per heavy atom. The fraction of sp³-hybridized carbons (Fsp3) is 0.750. The Morgan fingerprint density at radius 1 is 1.50 bits per heavy atom. The van der Waals surface area contributed by atoms with Gasteiger partial charge in [-0.3, -0.25) is 10.3 Å². The third-order valence-electron chi connectivity index (χ3n) is 2.10. The number of morpholine rings is 1. The fourth-order valence-electron chi connectivity index (χ4n) is 1.35. The topological polar surface area (TPSA) is 53.9 Å². The molecule has 1 fully saturated rings. The number of hydrogen-bond acceptors (Lipinski definition) is 4. The van der Waals surface area contributed by atoms with E-state index in [9.17, 15) is 4.79 Å². The van der Waals surface area contributed by atoms with Gasteiger partial charge in [0.05, 0.1) is 19.8 Å². The highest BCUT2D eigenvalue weighted by Crippen LogP contribution is 2.09. The zero-order valence-electron chi connectivity index (χ0n) is 7.86. The number of aliphatic imine (C=N–C) groups is 1. The molecule has 1 saturated heterocycles. The Hall–Kier alpha value is -0.750. The molecule has 2 heterocycles. The van der Waals surface area contributed by atoms with Gasteiger partial charge in [0.2, 0.25) is 0 Å². The summed E-state index contributed by atoms with van der Waals surface area (Å²) in [6, 6.07) is -0.0542. The summed E-state index contributed by atoms with van der Waals surface area (Å²) in [6.07, 6.45) is 0. The van der Waals surface area contributed by atoms with E-state index in [0.29, 0.717) is 26.3 Å². The zero-order chi connectivity index (χ0) is 9.80. The molecule has 0 radical (unpaired) electrons. The van der Waals surface area contributed by atoms with Crippen LogP contribution in [0.4, 0.5) is 4.79 Å². The number of carbonyl (C=O) groups excluding carboxylic acids is 1. The van der Waals surface area contributed by atoms with Crippen LogP contribution in [-0.2, 0) is 4.74 Å². The average molecular weight is 215 g/mol. The van der Waals surface area contributed by atoms with Gasteiger partial charge in [0.1, 0.15) is 0 Å². The Balaban J connectivity index is 1.81. The van der Waals surface area contributed by atoms with Crippen LogP contribution < -0.4 is 5.32 Å². The van der Waals surface area contributed by atoms with E-state index in [1.807, 2.05) is 0 Å². The van der Waals surface area contributed by atoms with E-state index in [1.54, 1.807) is 16.7 Å². The molecule has 0 bridgehead atoms. The lowest BCUT2D eigenvalue weighted by molar-refractivity contribution is 0.0544. The van der Waals surface area contributed by atoms with Gasteiger partial charge in [-0.2, -0.15) is 0 Å². The highest BCUT2D eigenvalue weighted by molar-refractivity contribution is 8.14. The summed E-state index contributed by atoms with van der Waals surface area (Å²) in [5.41, 5.74) is 0. The van der Waals surface area contributed by atoms with Crippen LogP contribution in [0, 0.1) is 0 Å². The maximum Gasteiger partial charge on any atom is 0.323 e. The van der Waals surface area contributed by atoms with E-state index in [4.69, 9.17) is 4.74 Å². The summed E-state index contributed by atoms with van der Waals surface area (Å²) >= 11 is 1.59. The van der Waals surface area contributed by atoms with E-state index >= 15 is 0 Å². The summed E-state index contributed by atoms with van der Waals surface area (Å²) in [7, 11) is 0. The van der Waals surface area contributed by atoms with E-state index in [1.165, 1.54) is 0 Å². The minimum atomic E-state index is -0.0542. The van der Waals surface area contributed by atoms with Crippen LogP contribution in [0.15, 0.2) is 4.99 Å². The molecule has 0 aromatic carbocycles. The molecule has 0 spiro atoms. The first-order valence-corrected chi connectivity index (χ1v) is 5.66. The maximum absolute atomic E-state index is 11.6. The molecule has 2 aliphatic rings. The maximum atomic E-state index is 11.6. The first kappa shape index (κ1) is 9.79. The number of rotatable bonds is 0. The molecule has 2 amide bonds. The first-order valence-electron chi connectivity index (χ1n) is 4.67. The predicted molar refractivity (Wildman–Crippen MR) is 55.7 cm³/mol. The van der Waals surface area contributed by atoms with E-state index in [-0.39, 0.29) is 6.03 Å². The van der Waals surface area contributed by atoms with Crippen molar-refractivity contribution in [1.29, 1.82) is 0 Å². The van der Waals surface area contributed by atoms with Crippen LogP contribution in [0.5, 0.6) is 0 Å². The molecule has 0 unspecified atom stereocenters. The van der Waals surface area contributed by atoms with Gasteiger partial charge in [0, 0.05) is 18.8 Å². The molecule has 1 N–H and O–H groups in total. The van der Waals surface area contributed by atoms with E-state index in [2.05, 4.69) is 10.3 Å². The van der Waals surface area contributed by atoms with Gasteiger partial charge in [-0.25, -0.2) is 4.79 Å². The molecule has 2 aliphatic heterocycles. The van der Waals surface area contributed by atoms with Crippen molar-refractivity contribution in [2.75, 3.05) is 38.6 Å². The standard InChI is InChI=1S/C8H13N3O2S/c12-8(10-7-9-1-6-14-7)11-2-4-13-5-3-11/h1-6H2,(H,9,10,12). The smallest absolute Gasteiger partial charge is 0.323 e. The minimum Gasteiger partial charge on any atom is -0.378 e. The number of amides is 2. The number of hydrogen-bond donors (Lipinski definition) is 1. The number of thioether (sulfide) groups is 1. The summed E-state index contributed by atoms with van der Waals surface area (Å²) in [5.74, 6) is 0.971. The molecule has 14 heavy (non-hydrogen) atoms. The summed E-state index contributed by atoms with van der Waals surface area (Å²) in [4.78, 5) is 17.5. The third kappa shape index (κ3) is 2.39. The number of ether oxygens (including phenoxy) is 1.